The zero-order valence-corrected chi connectivity index (χ0v) is 13.3. The van der Waals surface area contributed by atoms with Gasteiger partial charge in [-0.3, -0.25) is 9.48 Å². The van der Waals surface area contributed by atoms with Crippen LogP contribution in [0.3, 0.4) is 0 Å². The van der Waals surface area contributed by atoms with E-state index in [1.807, 2.05) is 27.8 Å². The predicted molar refractivity (Wildman–Crippen MR) is 79.8 cm³/mol. The van der Waals surface area contributed by atoms with E-state index in [9.17, 15) is 4.79 Å². The fourth-order valence-corrected chi connectivity index (χ4v) is 1.84. The Hall–Kier alpha value is -1.52. The highest BCUT2D eigenvalue weighted by Crippen LogP contribution is 2.24. The van der Waals surface area contributed by atoms with Gasteiger partial charge in [-0.05, 0) is 12.8 Å². The third-order valence-corrected chi connectivity index (χ3v) is 2.95. The van der Waals surface area contributed by atoms with Crippen molar-refractivity contribution in [2.45, 2.75) is 54.0 Å². The van der Waals surface area contributed by atoms with Crippen LogP contribution in [0.5, 0.6) is 0 Å². The largest absolute Gasteiger partial charge is 0.396 e. The third kappa shape index (κ3) is 4.26. The summed E-state index contributed by atoms with van der Waals surface area (Å²) in [4.78, 5) is 13.1. The van der Waals surface area contributed by atoms with Gasteiger partial charge in [-0.15, -0.1) is 0 Å². The number of carbonyl (C=O) groups is 1. The lowest BCUT2D eigenvalue weighted by Crippen LogP contribution is -2.29. The molecular formula is C14H28N4O. The molecule has 1 amide bonds. The maximum Gasteiger partial charge on any atom is 0.219 e. The van der Waals surface area contributed by atoms with Gasteiger partial charge in [0.05, 0.1) is 23.6 Å². The van der Waals surface area contributed by atoms with Crippen LogP contribution < -0.4 is 5.73 Å². The van der Waals surface area contributed by atoms with Gasteiger partial charge < -0.3 is 10.6 Å². The highest BCUT2D eigenvalue weighted by Gasteiger charge is 2.18. The molecule has 19 heavy (non-hydrogen) atoms. The van der Waals surface area contributed by atoms with Crippen molar-refractivity contribution in [3.63, 3.8) is 0 Å². The fourth-order valence-electron chi connectivity index (χ4n) is 1.84. The van der Waals surface area contributed by atoms with Gasteiger partial charge in [-0.1, -0.05) is 27.7 Å². The summed E-state index contributed by atoms with van der Waals surface area (Å²) in [6.07, 6.45) is 0. The van der Waals surface area contributed by atoms with Crippen LogP contribution in [0.4, 0.5) is 5.69 Å². The van der Waals surface area contributed by atoms with E-state index >= 15 is 0 Å². The van der Waals surface area contributed by atoms with E-state index in [4.69, 9.17) is 5.73 Å². The van der Waals surface area contributed by atoms with E-state index in [1.165, 1.54) is 0 Å². The molecule has 0 bridgehead atoms. The lowest BCUT2D eigenvalue weighted by molar-refractivity contribution is -0.129. The Labute approximate surface area is 116 Å². The van der Waals surface area contributed by atoms with Gasteiger partial charge in [0.2, 0.25) is 5.91 Å². The Balaban J connectivity index is 0.00000154. The summed E-state index contributed by atoms with van der Waals surface area (Å²) in [6, 6.07) is 0. The molecule has 0 atom stereocenters. The van der Waals surface area contributed by atoms with Crippen LogP contribution in [-0.4, -0.2) is 27.1 Å². The van der Waals surface area contributed by atoms with Crippen molar-refractivity contribution in [1.82, 2.24) is 14.7 Å². The van der Waals surface area contributed by atoms with E-state index in [0.717, 1.165) is 11.4 Å². The molecule has 0 saturated heterocycles. The van der Waals surface area contributed by atoms with Crippen molar-refractivity contribution in [1.29, 1.82) is 0 Å². The Morgan fingerprint density at radius 1 is 1.42 bits per heavy atom. The van der Waals surface area contributed by atoms with Crippen LogP contribution in [0.2, 0.25) is 0 Å². The zero-order valence-electron chi connectivity index (χ0n) is 13.3. The number of aryl methyl sites for hydroxylation is 1. The highest BCUT2D eigenvalue weighted by molar-refractivity contribution is 5.73. The molecule has 1 heterocycles. The van der Waals surface area contributed by atoms with Crippen LogP contribution in [0.1, 0.15) is 58.8 Å². The SMILES string of the molecule is CC.CCN(Cc1c(N)c(C(C)C)nn1C)C(C)=O. The molecule has 0 radical (unpaired) electrons. The summed E-state index contributed by atoms with van der Waals surface area (Å²) in [5.41, 5.74) is 8.61. The maximum atomic E-state index is 11.4. The molecule has 0 aliphatic carbocycles. The summed E-state index contributed by atoms with van der Waals surface area (Å²) >= 11 is 0. The van der Waals surface area contributed by atoms with Gasteiger partial charge in [0.15, 0.2) is 0 Å². The molecule has 1 rings (SSSR count). The number of anilines is 1. The van der Waals surface area contributed by atoms with Crippen LogP contribution in [-0.2, 0) is 18.4 Å². The number of nitrogens with two attached hydrogens (primary N) is 1. The van der Waals surface area contributed by atoms with Gasteiger partial charge in [0.1, 0.15) is 0 Å². The number of hydrogen-bond acceptors (Lipinski definition) is 3. The minimum absolute atomic E-state index is 0.0548. The molecule has 2 N–H and O–H groups in total. The molecule has 0 saturated carbocycles. The molecule has 5 nitrogen and oxygen atoms in total. The monoisotopic (exact) mass is 268 g/mol. The first kappa shape index (κ1) is 17.5. The molecule has 1 aromatic heterocycles. The number of aromatic nitrogens is 2. The molecule has 0 fully saturated rings. The molecule has 0 spiro atoms. The molecule has 110 valence electrons. The molecule has 0 aliphatic rings. The van der Waals surface area contributed by atoms with Crippen molar-refractivity contribution in [2.75, 3.05) is 12.3 Å². The molecule has 0 aliphatic heterocycles. The van der Waals surface area contributed by atoms with Crippen molar-refractivity contribution in [3.05, 3.63) is 11.4 Å². The zero-order chi connectivity index (χ0) is 15.2. The van der Waals surface area contributed by atoms with Crippen LogP contribution in [0.25, 0.3) is 0 Å². The summed E-state index contributed by atoms with van der Waals surface area (Å²) in [5, 5.41) is 4.41. The second-order valence-corrected chi connectivity index (χ2v) is 4.56. The summed E-state index contributed by atoms with van der Waals surface area (Å²) in [6.45, 7) is 12.8. The van der Waals surface area contributed by atoms with Gasteiger partial charge >= 0.3 is 0 Å². The second kappa shape index (κ2) is 7.81. The smallest absolute Gasteiger partial charge is 0.219 e. The third-order valence-electron chi connectivity index (χ3n) is 2.95. The Morgan fingerprint density at radius 3 is 2.26 bits per heavy atom. The number of carbonyl (C=O) groups excluding carboxylic acids is 1. The molecule has 1 aromatic rings. The van der Waals surface area contributed by atoms with Crippen LogP contribution in [0, 0.1) is 0 Å². The normalized spacial score (nSPS) is 10.1. The maximum absolute atomic E-state index is 11.4. The van der Waals surface area contributed by atoms with E-state index < -0.39 is 0 Å². The van der Waals surface area contributed by atoms with Gasteiger partial charge in [0, 0.05) is 20.5 Å². The van der Waals surface area contributed by atoms with Crippen LogP contribution in [0.15, 0.2) is 0 Å². The number of hydrogen-bond donors (Lipinski definition) is 1. The van der Waals surface area contributed by atoms with Crippen molar-refractivity contribution in [2.24, 2.45) is 7.05 Å². The van der Waals surface area contributed by atoms with Gasteiger partial charge in [-0.25, -0.2) is 0 Å². The number of amides is 1. The van der Waals surface area contributed by atoms with E-state index in [-0.39, 0.29) is 5.91 Å². The first-order valence-corrected chi connectivity index (χ1v) is 6.95. The molecule has 0 aromatic carbocycles. The first-order chi connectivity index (χ1) is 8.88. The Morgan fingerprint density at radius 2 is 1.95 bits per heavy atom. The highest BCUT2D eigenvalue weighted by atomic mass is 16.2. The van der Waals surface area contributed by atoms with E-state index in [1.54, 1.807) is 16.5 Å². The average Bonchev–Trinajstić information content (AvgIpc) is 2.64. The minimum Gasteiger partial charge on any atom is -0.396 e. The van der Waals surface area contributed by atoms with Crippen molar-refractivity contribution >= 4 is 11.6 Å². The standard InChI is InChI=1S/C12H22N4O.C2H6/c1-6-16(9(4)17)7-10-11(13)12(8(2)3)14-15(10)5;1-2/h8H,6-7,13H2,1-5H3;1-2H3. The summed E-state index contributed by atoms with van der Waals surface area (Å²) in [7, 11) is 1.87. The number of rotatable bonds is 4. The number of nitrogen functional groups attached to an aromatic ring is 1. The first-order valence-electron chi connectivity index (χ1n) is 6.95. The van der Waals surface area contributed by atoms with Gasteiger partial charge in [-0.2, -0.15) is 5.10 Å². The predicted octanol–water partition coefficient (Wildman–Crippen LogP) is 2.52. The fraction of sp³-hybridized carbons (Fsp3) is 0.714. The quantitative estimate of drug-likeness (QED) is 0.912. The van der Waals surface area contributed by atoms with Crippen molar-refractivity contribution in [3.8, 4) is 0 Å². The lowest BCUT2D eigenvalue weighted by atomic mass is 10.1. The topological polar surface area (TPSA) is 64.2 Å². The lowest BCUT2D eigenvalue weighted by Gasteiger charge is -2.19. The Kier molecular flexibility index (Phi) is 7.19. The van der Waals surface area contributed by atoms with E-state index in [0.29, 0.717) is 24.7 Å². The average molecular weight is 268 g/mol. The summed E-state index contributed by atoms with van der Waals surface area (Å²) in [5.74, 6) is 0.349. The Bertz CT molecular complexity index is 410. The second-order valence-electron chi connectivity index (χ2n) is 4.56. The van der Waals surface area contributed by atoms with Crippen molar-refractivity contribution < 1.29 is 4.79 Å². The minimum atomic E-state index is 0.0548. The summed E-state index contributed by atoms with van der Waals surface area (Å²) < 4.78 is 1.77. The molecule has 5 heteroatoms. The van der Waals surface area contributed by atoms with E-state index in [2.05, 4.69) is 18.9 Å². The number of nitrogens with zero attached hydrogens (tertiary/aromatic N) is 3. The molecule has 0 unspecified atom stereocenters. The van der Waals surface area contributed by atoms with Crippen LogP contribution >= 0.6 is 0 Å². The van der Waals surface area contributed by atoms with Gasteiger partial charge in [0.25, 0.3) is 0 Å². The molecular weight excluding hydrogens is 240 g/mol.